The minimum absolute atomic E-state index is 0.788. The van der Waals surface area contributed by atoms with Crippen LogP contribution in [-0.2, 0) is 6.42 Å². The maximum absolute atomic E-state index is 2.49. The molecule has 1 aliphatic rings. The summed E-state index contributed by atoms with van der Waals surface area (Å²) in [5.41, 5.74) is 3.10. The first-order valence-corrected chi connectivity index (χ1v) is 12.2. The normalized spacial score (nSPS) is 21.1. The topological polar surface area (TPSA) is 0 Å². The summed E-state index contributed by atoms with van der Waals surface area (Å²) < 4.78 is 0. The van der Waals surface area contributed by atoms with Crippen molar-refractivity contribution in [3.8, 4) is 0 Å². The molecule has 0 radical (unpaired) electrons. The van der Waals surface area contributed by atoms with E-state index >= 15 is 0 Å². The van der Waals surface area contributed by atoms with Gasteiger partial charge in [-0.25, -0.2) is 0 Å². The van der Waals surface area contributed by atoms with Crippen molar-refractivity contribution in [3.05, 3.63) is 47.5 Å². The minimum Gasteiger partial charge on any atom is -0.0654 e. The second-order valence-electron chi connectivity index (χ2n) is 9.57. The smallest absolute Gasteiger partial charge is 0.0162 e. The molecule has 154 valence electrons. The number of hydrogen-bond donors (Lipinski definition) is 0. The molecule has 1 saturated carbocycles. The van der Waals surface area contributed by atoms with Crippen molar-refractivity contribution in [2.75, 3.05) is 0 Å². The van der Waals surface area contributed by atoms with E-state index in [0.29, 0.717) is 0 Å². The van der Waals surface area contributed by atoms with Crippen LogP contribution in [0.4, 0.5) is 0 Å². The Morgan fingerprint density at radius 2 is 1.54 bits per heavy atom. The molecule has 0 heteroatoms. The molecule has 0 aliphatic heterocycles. The molecule has 0 heterocycles. The van der Waals surface area contributed by atoms with Crippen LogP contribution in [0.25, 0.3) is 10.8 Å². The van der Waals surface area contributed by atoms with Gasteiger partial charge in [-0.05, 0) is 84.6 Å². The average Bonchev–Trinajstić information content (AvgIpc) is 2.73. The maximum Gasteiger partial charge on any atom is -0.0162 e. The molecular formula is C28H42. The Kier molecular flexibility index (Phi) is 8.44. The predicted octanol–water partition coefficient (Wildman–Crippen LogP) is 9.06. The van der Waals surface area contributed by atoms with Crippen molar-refractivity contribution in [2.45, 2.75) is 104 Å². The molecule has 0 nitrogen and oxygen atoms in total. The van der Waals surface area contributed by atoms with Gasteiger partial charge in [-0.3, -0.25) is 0 Å². The summed E-state index contributed by atoms with van der Waals surface area (Å²) in [4.78, 5) is 0. The van der Waals surface area contributed by atoms with Gasteiger partial charge in [0.1, 0.15) is 0 Å². The van der Waals surface area contributed by atoms with E-state index in [1.165, 1.54) is 93.4 Å². The van der Waals surface area contributed by atoms with E-state index in [2.05, 4.69) is 57.2 Å². The molecule has 0 spiro atoms. The Morgan fingerprint density at radius 3 is 2.29 bits per heavy atom. The Balaban J connectivity index is 1.55. The largest absolute Gasteiger partial charge is 0.0654 e. The van der Waals surface area contributed by atoms with Crippen molar-refractivity contribution < 1.29 is 0 Å². The highest BCUT2D eigenvalue weighted by atomic mass is 14.3. The van der Waals surface area contributed by atoms with Gasteiger partial charge >= 0.3 is 0 Å². The van der Waals surface area contributed by atoms with Crippen molar-refractivity contribution in [1.29, 1.82) is 0 Å². The van der Waals surface area contributed by atoms with E-state index in [1.807, 2.05) is 0 Å². The molecule has 2 aromatic carbocycles. The van der Waals surface area contributed by atoms with E-state index in [4.69, 9.17) is 0 Å². The van der Waals surface area contributed by atoms with Gasteiger partial charge in [0.2, 0.25) is 0 Å². The van der Waals surface area contributed by atoms with Crippen molar-refractivity contribution in [1.82, 2.24) is 0 Å². The SMILES string of the molecule is CCCCCCCc1ccc2cc([C@H]3CC[C@H](CC(C)CC)CC3)ccc2c1. The first kappa shape index (κ1) is 21.4. The predicted molar refractivity (Wildman–Crippen MR) is 125 cm³/mol. The van der Waals surface area contributed by atoms with Gasteiger partial charge in [0, 0.05) is 0 Å². The van der Waals surface area contributed by atoms with Crippen LogP contribution >= 0.6 is 0 Å². The fraction of sp³-hybridized carbons (Fsp3) is 0.643. The lowest BCUT2D eigenvalue weighted by Crippen LogP contribution is -2.15. The molecule has 1 aliphatic carbocycles. The van der Waals surface area contributed by atoms with Gasteiger partial charge in [0.05, 0.1) is 0 Å². The lowest BCUT2D eigenvalue weighted by Gasteiger charge is -2.30. The molecule has 3 rings (SSSR count). The Morgan fingerprint density at radius 1 is 0.821 bits per heavy atom. The summed E-state index contributed by atoms with van der Waals surface area (Å²) in [5.74, 6) is 2.67. The molecule has 1 fully saturated rings. The third-order valence-electron chi connectivity index (χ3n) is 7.25. The van der Waals surface area contributed by atoms with Crippen molar-refractivity contribution in [2.24, 2.45) is 11.8 Å². The Bertz CT molecular complexity index is 705. The van der Waals surface area contributed by atoms with Crippen LogP contribution in [0.3, 0.4) is 0 Å². The zero-order valence-electron chi connectivity index (χ0n) is 18.7. The third-order valence-corrected chi connectivity index (χ3v) is 7.25. The number of rotatable bonds is 10. The number of unbranched alkanes of at least 4 members (excludes halogenated alkanes) is 4. The summed E-state index contributed by atoms with van der Waals surface area (Å²) in [7, 11) is 0. The average molecular weight is 379 g/mol. The van der Waals surface area contributed by atoms with Crippen LogP contribution in [0.5, 0.6) is 0 Å². The zero-order chi connectivity index (χ0) is 19.8. The van der Waals surface area contributed by atoms with E-state index < -0.39 is 0 Å². The van der Waals surface area contributed by atoms with Gasteiger partial charge in [0.25, 0.3) is 0 Å². The summed E-state index contributed by atoms with van der Waals surface area (Å²) in [6.07, 6.45) is 16.5. The third kappa shape index (κ3) is 6.10. The number of fused-ring (bicyclic) bond motifs is 1. The quantitative estimate of drug-likeness (QED) is 0.362. The fourth-order valence-electron chi connectivity index (χ4n) is 5.12. The Hall–Kier alpha value is -1.30. The molecule has 0 aromatic heterocycles. The lowest BCUT2D eigenvalue weighted by molar-refractivity contribution is 0.273. The first-order valence-electron chi connectivity index (χ1n) is 12.2. The van der Waals surface area contributed by atoms with E-state index in [9.17, 15) is 0 Å². The first-order chi connectivity index (χ1) is 13.7. The van der Waals surface area contributed by atoms with Gasteiger partial charge < -0.3 is 0 Å². The van der Waals surface area contributed by atoms with E-state index in [-0.39, 0.29) is 0 Å². The highest BCUT2D eigenvalue weighted by molar-refractivity contribution is 5.84. The molecule has 0 N–H and O–H groups in total. The summed E-state index contributed by atoms with van der Waals surface area (Å²) in [6.45, 7) is 7.05. The molecule has 0 bridgehead atoms. The van der Waals surface area contributed by atoms with Gasteiger partial charge in [-0.2, -0.15) is 0 Å². The molecule has 0 saturated heterocycles. The van der Waals surface area contributed by atoms with Crippen LogP contribution < -0.4 is 0 Å². The standard InChI is InChI=1S/C28H42/c1-4-6-7-8-9-10-23-13-16-28-21-27(18-17-26(28)20-23)25-14-11-24(12-15-25)19-22(3)5-2/h13,16-18,20-22,24-25H,4-12,14-15,19H2,1-3H3/t22?,24-,25-. The highest BCUT2D eigenvalue weighted by Crippen LogP contribution is 2.39. The van der Waals surface area contributed by atoms with E-state index in [1.54, 1.807) is 5.56 Å². The number of aryl methyl sites for hydroxylation is 1. The maximum atomic E-state index is 2.49. The highest BCUT2D eigenvalue weighted by Gasteiger charge is 2.23. The molecule has 1 atom stereocenters. The Labute approximate surface area is 174 Å². The van der Waals surface area contributed by atoms with Crippen LogP contribution in [-0.4, -0.2) is 0 Å². The van der Waals surface area contributed by atoms with Crippen LogP contribution in [0.15, 0.2) is 36.4 Å². The second kappa shape index (κ2) is 11.0. The molecule has 2 aromatic rings. The van der Waals surface area contributed by atoms with Crippen LogP contribution in [0.2, 0.25) is 0 Å². The van der Waals surface area contributed by atoms with Gasteiger partial charge in [0.15, 0.2) is 0 Å². The zero-order valence-corrected chi connectivity index (χ0v) is 18.7. The fourth-order valence-corrected chi connectivity index (χ4v) is 5.12. The summed E-state index contributed by atoms with van der Waals surface area (Å²) in [6, 6.07) is 14.5. The summed E-state index contributed by atoms with van der Waals surface area (Å²) >= 11 is 0. The van der Waals surface area contributed by atoms with Crippen molar-refractivity contribution in [3.63, 3.8) is 0 Å². The molecular weight excluding hydrogens is 336 g/mol. The molecule has 28 heavy (non-hydrogen) atoms. The van der Waals surface area contributed by atoms with Gasteiger partial charge in [-0.1, -0.05) is 89.3 Å². The van der Waals surface area contributed by atoms with Gasteiger partial charge in [-0.15, -0.1) is 0 Å². The lowest BCUT2D eigenvalue weighted by atomic mass is 9.75. The number of benzene rings is 2. The van der Waals surface area contributed by atoms with Crippen LogP contribution in [0, 0.1) is 11.8 Å². The molecule has 1 unspecified atom stereocenters. The van der Waals surface area contributed by atoms with E-state index in [0.717, 1.165) is 17.8 Å². The summed E-state index contributed by atoms with van der Waals surface area (Å²) in [5, 5.41) is 2.87. The number of hydrogen-bond acceptors (Lipinski definition) is 0. The van der Waals surface area contributed by atoms with Crippen LogP contribution in [0.1, 0.15) is 108 Å². The monoisotopic (exact) mass is 378 g/mol. The molecule has 0 amide bonds. The van der Waals surface area contributed by atoms with Crippen molar-refractivity contribution >= 4 is 10.8 Å². The minimum atomic E-state index is 0.788. The second-order valence-corrected chi connectivity index (χ2v) is 9.57.